The Kier molecular flexibility index (Phi) is 2.99. The maximum Gasteiger partial charge on any atom is 0.0964 e. The molecule has 2 aromatic rings. The molecule has 0 atom stereocenters. The number of aliphatic hydroxyl groups is 1. The van der Waals surface area contributed by atoms with E-state index < -0.39 is 0 Å². The second-order valence-electron chi connectivity index (χ2n) is 4.58. The zero-order valence-corrected chi connectivity index (χ0v) is 10.5. The molecule has 0 saturated heterocycles. The lowest BCUT2D eigenvalue weighted by molar-refractivity contribution is 0.298. The summed E-state index contributed by atoms with van der Waals surface area (Å²) in [5.41, 5.74) is 4.67. The van der Waals surface area contributed by atoms with Gasteiger partial charge >= 0.3 is 0 Å². The number of nitrogens with one attached hydrogen (secondary N) is 1. The van der Waals surface area contributed by atoms with Gasteiger partial charge in [-0.25, -0.2) is 0 Å². The molecule has 1 aliphatic rings. The number of nitrogens with zero attached hydrogens (tertiary/aromatic N) is 1. The quantitative estimate of drug-likeness (QED) is 0.874. The van der Waals surface area contributed by atoms with Crippen molar-refractivity contribution in [2.75, 3.05) is 6.61 Å². The minimum absolute atomic E-state index is 0.191. The number of hydrogen-bond donors (Lipinski definition) is 2. The largest absolute Gasteiger partial charge is 0.396 e. The number of rotatable bonds is 4. The van der Waals surface area contributed by atoms with Crippen LogP contribution < -0.4 is 0 Å². The Bertz CT molecular complexity index is 485. The number of aromatic amines is 1. The zero-order chi connectivity index (χ0) is 11.7. The van der Waals surface area contributed by atoms with Gasteiger partial charge < -0.3 is 5.11 Å². The van der Waals surface area contributed by atoms with Gasteiger partial charge in [0, 0.05) is 34.7 Å². The van der Waals surface area contributed by atoms with Crippen molar-refractivity contribution in [1.82, 2.24) is 10.2 Å². The molecule has 17 heavy (non-hydrogen) atoms. The summed E-state index contributed by atoms with van der Waals surface area (Å²) >= 11 is 1.68. The first kappa shape index (κ1) is 11.0. The molecule has 4 heteroatoms. The van der Waals surface area contributed by atoms with E-state index in [0.717, 1.165) is 5.69 Å². The van der Waals surface area contributed by atoms with Crippen LogP contribution in [0.25, 0.3) is 11.3 Å². The second-order valence-corrected chi connectivity index (χ2v) is 5.36. The van der Waals surface area contributed by atoms with E-state index in [1.165, 1.54) is 36.1 Å². The Hall–Kier alpha value is -1.13. The van der Waals surface area contributed by atoms with Gasteiger partial charge in [0.1, 0.15) is 0 Å². The third-order valence-corrected chi connectivity index (χ3v) is 4.25. The van der Waals surface area contributed by atoms with E-state index >= 15 is 0 Å². The minimum atomic E-state index is 0.191. The molecule has 90 valence electrons. The number of thiophene rings is 1. The van der Waals surface area contributed by atoms with Crippen LogP contribution in [0.4, 0.5) is 0 Å². The van der Waals surface area contributed by atoms with Gasteiger partial charge in [-0.05, 0) is 30.7 Å². The highest BCUT2D eigenvalue weighted by Crippen LogP contribution is 2.39. The lowest BCUT2D eigenvalue weighted by Gasteiger charge is -2.25. The number of aliphatic hydroxyl groups excluding tert-OH is 1. The van der Waals surface area contributed by atoms with Crippen LogP contribution in [0, 0.1) is 0 Å². The average Bonchev–Trinajstić information content (AvgIpc) is 2.86. The summed E-state index contributed by atoms with van der Waals surface area (Å²) in [6.07, 6.45) is 4.52. The standard InChI is InChI=1S/C13H16N2OS/c16-6-4-11-12(9-2-1-3-9)14-15-13(11)10-5-7-17-8-10/h5,7-9,16H,1-4,6H2,(H,14,15). The molecule has 0 aliphatic heterocycles. The molecule has 1 fully saturated rings. The molecule has 0 aromatic carbocycles. The predicted octanol–water partition coefficient (Wildman–Crippen LogP) is 2.94. The molecule has 0 unspecified atom stereocenters. The van der Waals surface area contributed by atoms with Crippen LogP contribution in [0.2, 0.25) is 0 Å². The molecular weight excluding hydrogens is 232 g/mol. The summed E-state index contributed by atoms with van der Waals surface area (Å²) in [6, 6.07) is 2.09. The van der Waals surface area contributed by atoms with Crippen molar-refractivity contribution in [3.05, 3.63) is 28.1 Å². The van der Waals surface area contributed by atoms with Gasteiger partial charge in [0.2, 0.25) is 0 Å². The number of aromatic nitrogens is 2. The lowest BCUT2D eigenvalue weighted by atomic mass is 9.80. The van der Waals surface area contributed by atoms with Gasteiger partial charge in [-0.3, -0.25) is 5.10 Å². The van der Waals surface area contributed by atoms with E-state index in [1.54, 1.807) is 11.3 Å². The van der Waals surface area contributed by atoms with Crippen LogP contribution in [-0.4, -0.2) is 21.9 Å². The van der Waals surface area contributed by atoms with Crippen molar-refractivity contribution >= 4 is 11.3 Å². The molecule has 0 spiro atoms. The molecule has 3 nitrogen and oxygen atoms in total. The zero-order valence-electron chi connectivity index (χ0n) is 9.65. The van der Waals surface area contributed by atoms with Gasteiger partial charge in [0.05, 0.1) is 5.69 Å². The maximum atomic E-state index is 9.22. The van der Waals surface area contributed by atoms with E-state index in [2.05, 4.69) is 27.0 Å². The van der Waals surface area contributed by atoms with Crippen LogP contribution in [-0.2, 0) is 6.42 Å². The van der Waals surface area contributed by atoms with Crippen molar-refractivity contribution in [2.45, 2.75) is 31.6 Å². The SMILES string of the molecule is OCCc1c(-c2ccsc2)n[nH]c1C1CCC1. The molecule has 1 saturated carbocycles. The summed E-state index contributed by atoms with van der Waals surface area (Å²) in [7, 11) is 0. The van der Waals surface area contributed by atoms with E-state index in [-0.39, 0.29) is 6.61 Å². The van der Waals surface area contributed by atoms with Crippen molar-refractivity contribution in [1.29, 1.82) is 0 Å². The van der Waals surface area contributed by atoms with Gasteiger partial charge in [-0.15, -0.1) is 0 Å². The summed E-state index contributed by atoms with van der Waals surface area (Å²) < 4.78 is 0. The predicted molar refractivity (Wildman–Crippen MR) is 69.3 cm³/mol. The molecule has 2 heterocycles. The summed E-state index contributed by atoms with van der Waals surface area (Å²) in [6.45, 7) is 0.191. The highest BCUT2D eigenvalue weighted by molar-refractivity contribution is 7.08. The minimum Gasteiger partial charge on any atom is -0.396 e. The fourth-order valence-electron chi connectivity index (χ4n) is 2.42. The fraction of sp³-hybridized carbons (Fsp3) is 0.462. The summed E-state index contributed by atoms with van der Waals surface area (Å²) in [4.78, 5) is 0. The Morgan fingerprint density at radius 2 is 2.35 bits per heavy atom. The third kappa shape index (κ3) is 1.91. The first-order valence-corrected chi connectivity index (χ1v) is 7.05. The van der Waals surface area contributed by atoms with Crippen molar-refractivity contribution < 1.29 is 5.11 Å². The van der Waals surface area contributed by atoms with Crippen LogP contribution >= 0.6 is 11.3 Å². The van der Waals surface area contributed by atoms with Gasteiger partial charge in [-0.2, -0.15) is 16.4 Å². The van der Waals surface area contributed by atoms with E-state index in [0.29, 0.717) is 12.3 Å². The topological polar surface area (TPSA) is 48.9 Å². The molecule has 1 aliphatic carbocycles. The van der Waals surface area contributed by atoms with Crippen molar-refractivity contribution in [3.63, 3.8) is 0 Å². The summed E-state index contributed by atoms with van der Waals surface area (Å²) in [5.74, 6) is 0.636. The molecule has 0 bridgehead atoms. The van der Waals surface area contributed by atoms with Crippen LogP contribution in [0.1, 0.15) is 36.4 Å². The second kappa shape index (κ2) is 4.63. The van der Waals surface area contributed by atoms with E-state index in [4.69, 9.17) is 0 Å². The highest BCUT2D eigenvalue weighted by Gasteiger charge is 2.26. The van der Waals surface area contributed by atoms with Crippen LogP contribution in [0.5, 0.6) is 0 Å². The Labute approximate surface area is 105 Å². The number of H-pyrrole nitrogens is 1. The van der Waals surface area contributed by atoms with Crippen LogP contribution in [0.3, 0.4) is 0 Å². The Morgan fingerprint density at radius 1 is 1.47 bits per heavy atom. The molecule has 3 rings (SSSR count). The molecule has 0 amide bonds. The molecule has 2 aromatic heterocycles. The molecular formula is C13H16N2OS. The third-order valence-electron chi connectivity index (χ3n) is 3.57. The van der Waals surface area contributed by atoms with E-state index in [9.17, 15) is 5.11 Å². The van der Waals surface area contributed by atoms with Crippen molar-refractivity contribution in [3.8, 4) is 11.3 Å². The Morgan fingerprint density at radius 3 is 2.94 bits per heavy atom. The maximum absolute atomic E-state index is 9.22. The summed E-state index contributed by atoms with van der Waals surface area (Å²) in [5, 5.41) is 21.0. The smallest absolute Gasteiger partial charge is 0.0964 e. The van der Waals surface area contributed by atoms with Crippen molar-refractivity contribution in [2.24, 2.45) is 0 Å². The Balaban J connectivity index is 2.00. The first-order chi connectivity index (χ1) is 8.40. The first-order valence-electron chi connectivity index (χ1n) is 6.10. The fourth-order valence-corrected chi connectivity index (χ4v) is 3.06. The normalized spacial score (nSPS) is 16.1. The van der Waals surface area contributed by atoms with Crippen LogP contribution in [0.15, 0.2) is 16.8 Å². The monoisotopic (exact) mass is 248 g/mol. The molecule has 2 N–H and O–H groups in total. The highest BCUT2D eigenvalue weighted by atomic mass is 32.1. The average molecular weight is 248 g/mol. The lowest BCUT2D eigenvalue weighted by Crippen LogP contribution is -2.11. The van der Waals surface area contributed by atoms with E-state index in [1.807, 2.05) is 0 Å². The molecule has 0 radical (unpaired) electrons. The number of hydrogen-bond acceptors (Lipinski definition) is 3. The van der Waals surface area contributed by atoms with Gasteiger partial charge in [0.25, 0.3) is 0 Å². The van der Waals surface area contributed by atoms with Gasteiger partial charge in [0.15, 0.2) is 0 Å². The van der Waals surface area contributed by atoms with Gasteiger partial charge in [-0.1, -0.05) is 6.42 Å².